The summed E-state index contributed by atoms with van der Waals surface area (Å²) >= 11 is 8.45. The first kappa shape index (κ1) is 14.5. The van der Waals surface area contributed by atoms with Crippen molar-refractivity contribution in [3.63, 3.8) is 0 Å². The molecule has 1 aromatic rings. The second kappa shape index (κ2) is 5.83. The molecule has 0 amide bonds. The predicted octanol–water partition coefficient (Wildman–Crippen LogP) is 3.84. The van der Waals surface area contributed by atoms with Crippen molar-refractivity contribution >= 4 is 33.1 Å². The minimum absolute atomic E-state index is 0.154. The van der Waals surface area contributed by atoms with E-state index in [9.17, 15) is 0 Å². The number of rotatable bonds is 5. The van der Waals surface area contributed by atoms with Crippen LogP contribution >= 0.6 is 28.1 Å². The SMILES string of the molecule is Cc1cc(Br)ccc1OCCC(C)(C)C(N)=S. The molecule has 0 fully saturated rings. The highest BCUT2D eigenvalue weighted by Crippen LogP contribution is 2.24. The summed E-state index contributed by atoms with van der Waals surface area (Å²) in [4.78, 5) is 0.536. The number of hydrogen-bond acceptors (Lipinski definition) is 2. The number of thiocarbonyl (C=S) groups is 1. The van der Waals surface area contributed by atoms with Crippen molar-refractivity contribution in [2.45, 2.75) is 27.2 Å². The van der Waals surface area contributed by atoms with E-state index in [2.05, 4.69) is 15.9 Å². The molecule has 0 aliphatic heterocycles. The van der Waals surface area contributed by atoms with E-state index < -0.39 is 0 Å². The van der Waals surface area contributed by atoms with Crippen LogP contribution in [0.2, 0.25) is 0 Å². The quantitative estimate of drug-likeness (QED) is 0.838. The van der Waals surface area contributed by atoms with Gasteiger partial charge >= 0.3 is 0 Å². The molecular formula is C13H18BrNOS. The molecule has 1 aromatic carbocycles. The number of aryl methyl sites for hydroxylation is 1. The number of halogens is 1. The van der Waals surface area contributed by atoms with Crippen LogP contribution < -0.4 is 10.5 Å². The molecule has 17 heavy (non-hydrogen) atoms. The van der Waals surface area contributed by atoms with Gasteiger partial charge in [-0.1, -0.05) is 42.0 Å². The van der Waals surface area contributed by atoms with Crippen molar-refractivity contribution in [3.05, 3.63) is 28.2 Å². The Kier molecular flexibility index (Phi) is 4.95. The van der Waals surface area contributed by atoms with Gasteiger partial charge < -0.3 is 10.5 Å². The van der Waals surface area contributed by atoms with E-state index in [4.69, 9.17) is 22.7 Å². The largest absolute Gasteiger partial charge is 0.493 e. The summed E-state index contributed by atoms with van der Waals surface area (Å²) in [6.07, 6.45) is 0.817. The lowest BCUT2D eigenvalue weighted by molar-refractivity contribution is 0.269. The Morgan fingerprint density at radius 1 is 1.47 bits per heavy atom. The zero-order valence-corrected chi connectivity index (χ0v) is 12.8. The fourth-order valence-electron chi connectivity index (χ4n) is 1.31. The molecule has 0 aliphatic rings. The average Bonchev–Trinajstić information content (AvgIpc) is 2.21. The van der Waals surface area contributed by atoms with Crippen molar-refractivity contribution in [3.8, 4) is 5.75 Å². The molecule has 4 heteroatoms. The lowest BCUT2D eigenvalue weighted by Gasteiger charge is -2.23. The summed E-state index contributed by atoms with van der Waals surface area (Å²) in [5, 5.41) is 0. The van der Waals surface area contributed by atoms with Crippen LogP contribution in [-0.2, 0) is 0 Å². The van der Waals surface area contributed by atoms with Crippen LogP contribution in [0.4, 0.5) is 0 Å². The van der Waals surface area contributed by atoms with Crippen molar-refractivity contribution in [1.82, 2.24) is 0 Å². The lowest BCUT2D eigenvalue weighted by Crippen LogP contribution is -2.31. The van der Waals surface area contributed by atoms with Gasteiger partial charge in [-0.3, -0.25) is 0 Å². The van der Waals surface area contributed by atoms with Crippen LogP contribution in [0.1, 0.15) is 25.8 Å². The summed E-state index contributed by atoms with van der Waals surface area (Å²) in [6, 6.07) is 5.97. The van der Waals surface area contributed by atoms with Crippen LogP contribution in [-0.4, -0.2) is 11.6 Å². The molecule has 0 heterocycles. The maximum atomic E-state index is 5.74. The minimum atomic E-state index is -0.154. The molecular weight excluding hydrogens is 298 g/mol. The summed E-state index contributed by atoms with van der Waals surface area (Å²) in [7, 11) is 0. The Balaban J connectivity index is 2.54. The van der Waals surface area contributed by atoms with Gasteiger partial charge in [0.15, 0.2) is 0 Å². The van der Waals surface area contributed by atoms with Gasteiger partial charge in [-0.15, -0.1) is 0 Å². The molecule has 0 atom stereocenters. The molecule has 94 valence electrons. The topological polar surface area (TPSA) is 35.2 Å². The molecule has 0 bridgehead atoms. The maximum Gasteiger partial charge on any atom is 0.122 e. The first-order valence-corrected chi connectivity index (χ1v) is 6.72. The van der Waals surface area contributed by atoms with Crippen molar-refractivity contribution in [2.75, 3.05) is 6.61 Å². The Labute approximate surface area is 117 Å². The second-order valence-corrected chi connectivity index (χ2v) is 6.11. The molecule has 2 N–H and O–H groups in total. The van der Waals surface area contributed by atoms with Gasteiger partial charge in [0.25, 0.3) is 0 Å². The molecule has 0 radical (unpaired) electrons. The van der Waals surface area contributed by atoms with E-state index in [1.165, 1.54) is 0 Å². The van der Waals surface area contributed by atoms with Gasteiger partial charge in [-0.25, -0.2) is 0 Å². The van der Waals surface area contributed by atoms with Gasteiger partial charge in [0.2, 0.25) is 0 Å². The van der Waals surface area contributed by atoms with Gasteiger partial charge in [-0.2, -0.15) is 0 Å². The summed E-state index contributed by atoms with van der Waals surface area (Å²) < 4.78 is 6.80. The Bertz CT molecular complexity index is 418. The first-order valence-electron chi connectivity index (χ1n) is 5.52. The monoisotopic (exact) mass is 315 g/mol. The fourth-order valence-corrected chi connectivity index (χ4v) is 1.89. The standard InChI is InChI=1S/C13H18BrNOS/c1-9-8-10(14)4-5-11(9)16-7-6-13(2,3)12(15)17/h4-5,8H,6-7H2,1-3H3,(H2,15,17). The van der Waals surface area contributed by atoms with Crippen LogP contribution in [0, 0.1) is 12.3 Å². The maximum absolute atomic E-state index is 5.74. The third kappa shape index (κ3) is 4.28. The average molecular weight is 316 g/mol. The van der Waals surface area contributed by atoms with Gasteiger partial charge in [0.05, 0.1) is 11.6 Å². The molecule has 0 saturated heterocycles. The Morgan fingerprint density at radius 3 is 2.65 bits per heavy atom. The van der Waals surface area contributed by atoms with E-state index in [1.54, 1.807) is 0 Å². The molecule has 0 spiro atoms. The van der Waals surface area contributed by atoms with Crippen molar-refractivity contribution in [2.24, 2.45) is 11.1 Å². The normalized spacial score (nSPS) is 11.3. The molecule has 1 rings (SSSR count). The zero-order chi connectivity index (χ0) is 13.1. The van der Waals surface area contributed by atoms with E-state index in [-0.39, 0.29) is 5.41 Å². The van der Waals surface area contributed by atoms with Crippen LogP contribution in [0.15, 0.2) is 22.7 Å². The molecule has 0 aliphatic carbocycles. The number of benzene rings is 1. The zero-order valence-electron chi connectivity index (χ0n) is 10.4. The second-order valence-electron chi connectivity index (χ2n) is 4.76. The van der Waals surface area contributed by atoms with Crippen LogP contribution in [0.25, 0.3) is 0 Å². The summed E-state index contributed by atoms with van der Waals surface area (Å²) in [5.74, 6) is 0.909. The summed E-state index contributed by atoms with van der Waals surface area (Å²) in [5.41, 5.74) is 6.63. The van der Waals surface area contributed by atoms with Gasteiger partial charge in [-0.05, 0) is 37.1 Å². The van der Waals surface area contributed by atoms with Crippen molar-refractivity contribution < 1.29 is 4.74 Å². The van der Waals surface area contributed by atoms with E-state index in [1.807, 2.05) is 39.0 Å². The molecule has 2 nitrogen and oxygen atoms in total. The molecule has 0 unspecified atom stereocenters. The number of ether oxygens (including phenoxy) is 1. The lowest BCUT2D eigenvalue weighted by atomic mass is 9.90. The van der Waals surface area contributed by atoms with E-state index >= 15 is 0 Å². The predicted molar refractivity (Wildman–Crippen MR) is 79.6 cm³/mol. The van der Waals surface area contributed by atoms with Gasteiger partial charge in [0, 0.05) is 9.89 Å². The number of hydrogen-bond donors (Lipinski definition) is 1. The van der Waals surface area contributed by atoms with Crippen molar-refractivity contribution in [1.29, 1.82) is 0 Å². The highest BCUT2D eigenvalue weighted by Gasteiger charge is 2.21. The van der Waals surface area contributed by atoms with Crippen LogP contribution in [0.3, 0.4) is 0 Å². The van der Waals surface area contributed by atoms with Crippen LogP contribution in [0.5, 0.6) is 5.75 Å². The molecule has 0 aromatic heterocycles. The Morgan fingerprint density at radius 2 is 2.12 bits per heavy atom. The number of nitrogens with two attached hydrogens (primary N) is 1. The van der Waals surface area contributed by atoms with E-state index in [0.29, 0.717) is 11.6 Å². The first-order chi connectivity index (χ1) is 7.83. The third-order valence-electron chi connectivity index (χ3n) is 2.79. The fraction of sp³-hybridized carbons (Fsp3) is 0.462. The molecule has 0 saturated carbocycles. The highest BCUT2D eigenvalue weighted by atomic mass is 79.9. The Hall–Kier alpha value is -0.610. The van der Waals surface area contributed by atoms with Gasteiger partial charge in [0.1, 0.15) is 5.75 Å². The van der Waals surface area contributed by atoms with E-state index in [0.717, 1.165) is 22.2 Å². The third-order valence-corrected chi connectivity index (χ3v) is 3.83. The minimum Gasteiger partial charge on any atom is -0.493 e. The highest BCUT2D eigenvalue weighted by molar-refractivity contribution is 9.10. The summed E-state index contributed by atoms with van der Waals surface area (Å²) in [6.45, 7) is 6.71. The smallest absolute Gasteiger partial charge is 0.122 e.